The Kier molecular flexibility index (Phi) is 6.10. The first-order valence-corrected chi connectivity index (χ1v) is 8.38. The Labute approximate surface area is 129 Å². The van der Waals surface area contributed by atoms with E-state index >= 15 is 0 Å². The van der Waals surface area contributed by atoms with Crippen LogP contribution < -0.4 is 4.74 Å². The van der Waals surface area contributed by atoms with Crippen molar-refractivity contribution in [3.8, 4) is 5.75 Å². The Morgan fingerprint density at radius 2 is 1.62 bits per heavy atom. The molecule has 0 aromatic heterocycles. The Hall–Kier alpha value is -1.02. The highest BCUT2D eigenvalue weighted by molar-refractivity contribution is 5.42. The van der Waals surface area contributed by atoms with E-state index in [1.54, 1.807) is 0 Å². The van der Waals surface area contributed by atoms with Gasteiger partial charge in [0.1, 0.15) is 5.75 Å². The summed E-state index contributed by atoms with van der Waals surface area (Å²) < 4.78 is 12.1. The Morgan fingerprint density at radius 1 is 1.00 bits per heavy atom. The van der Waals surface area contributed by atoms with Crippen LogP contribution in [0.3, 0.4) is 0 Å². The first-order chi connectivity index (χ1) is 10.1. The summed E-state index contributed by atoms with van der Waals surface area (Å²) in [4.78, 5) is 0. The maximum Gasteiger partial charge on any atom is 0.125 e. The number of hydrogen-bond donors (Lipinski definition) is 0. The lowest BCUT2D eigenvalue weighted by Crippen LogP contribution is -2.22. The van der Waals surface area contributed by atoms with Gasteiger partial charge in [0.15, 0.2) is 0 Å². The minimum Gasteiger partial charge on any atom is -0.493 e. The Bertz CT molecular complexity index is 424. The zero-order valence-electron chi connectivity index (χ0n) is 14.1. The maximum atomic E-state index is 6.04. The third-order valence-corrected chi connectivity index (χ3v) is 4.29. The summed E-state index contributed by atoms with van der Waals surface area (Å²) in [6.07, 6.45) is 7.01. The molecule has 118 valence electrons. The third-order valence-electron chi connectivity index (χ3n) is 4.29. The molecule has 0 amide bonds. The highest BCUT2D eigenvalue weighted by Crippen LogP contribution is 2.25. The predicted octanol–water partition coefficient (Wildman–Crippen LogP) is 4.98. The van der Waals surface area contributed by atoms with Gasteiger partial charge in [-0.1, -0.05) is 43.9 Å². The average Bonchev–Trinajstić information content (AvgIpc) is 2.45. The van der Waals surface area contributed by atoms with Crippen LogP contribution in [0.25, 0.3) is 0 Å². The van der Waals surface area contributed by atoms with Gasteiger partial charge >= 0.3 is 0 Å². The van der Waals surface area contributed by atoms with E-state index in [0.717, 1.165) is 19.0 Å². The molecule has 0 saturated heterocycles. The normalized spacial score (nSPS) is 17.7. The van der Waals surface area contributed by atoms with Crippen molar-refractivity contribution >= 4 is 0 Å². The Morgan fingerprint density at radius 3 is 2.24 bits per heavy atom. The number of hydrogen-bond acceptors (Lipinski definition) is 2. The highest BCUT2D eigenvalue weighted by atomic mass is 16.5. The van der Waals surface area contributed by atoms with E-state index in [1.807, 2.05) is 0 Å². The zero-order chi connectivity index (χ0) is 15.2. The van der Waals surface area contributed by atoms with Gasteiger partial charge in [-0.15, -0.1) is 0 Å². The van der Waals surface area contributed by atoms with Crippen molar-refractivity contribution in [3.05, 3.63) is 28.8 Å². The second kappa shape index (κ2) is 7.84. The molecule has 1 atom stereocenters. The fourth-order valence-electron chi connectivity index (χ4n) is 3.20. The third kappa shape index (κ3) is 5.03. The number of aryl methyl sites for hydroxylation is 3. The molecule has 1 aromatic carbocycles. The molecule has 0 aliphatic heterocycles. The van der Waals surface area contributed by atoms with Gasteiger partial charge in [0.05, 0.1) is 19.3 Å². The van der Waals surface area contributed by atoms with E-state index in [9.17, 15) is 0 Å². The lowest BCUT2D eigenvalue weighted by atomic mass is 9.98. The molecule has 1 aliphatic rings. The lowest BCUT2D eigenvalue weighted by molar-refractivity contribution is 0.00288. The van der Waals surface area contributed by atoms with Crippen molar-refractivity contribution in [1.82, 2.24) is 0 Å². The molecule has 21 heavy (non-hydrogen) atoms. The molecule has 2 rings (SSSR count). The SMILES string of the molecule is Cc1cc(C)c(OCC(C)COC2CCCCC2)c(C)c1. The quantitative estimate of drug-likeness (QED) is 0.736. The average molecular weight is 290 g/mol. The predicted molar refractivity (Wildman–Crippen MR) is 88.1 cm³/mol. The van der Waals surface area contributed by atoms with Gasteiger partial charge in [0.25, 0.3) is 0 Å². The smallest absolute Gasteiger partial charge is 0.125 e. The molecule has 0 N–H and O–H groups in total. The fraction of sp³-hybridized carbons (Fsp3) is 0.684. The standard InChI is InChI=1S/C19H30O2/c1-14-10-16(3)19(17(4)11-14)21-13-15(2)12-20-18-8-6-5-7-9-18/h10-11,15,18H,5-9,12-13H2,1-4H3. The Balaban J connectivity index is 1.77. The fourth-order valence-corrected chi connectivity index (χ4v) is 3.20. The molecule has 0 spiro atoms. The van der Waals surface area contributed by atoms with Gasteiger partial charge in [-0.25, -0.2) is 0 Å². The van der Waals surface area contributed by atoms with E-state index < -0.39 is 0 Å². The van der Waals surface area contributed by atoms with Crippen LogP contribution in [0.5, 0.6) is 5.75 Å². The van der Waals surface area contributed by atoms with Gasteiger partial charge in [-0.3, -0.25) is 0 Å². The van der Waals surface area contributed by atoms with Crippen LogP contribution in [-0.2, 0) is 4.74 Å². The van der Waals surface area contributed by atoms with Crippen molar-refractivity contribution in [2.24, 2.45) is 5.92 Å². The van der Waals surface area contributed by atoms with Crippen LogP contribution in [0, 0.1) is 26.7 Å². The number of ether oxygens (including phenoxy) is 2. The first kappa shape index (κ1) is 16.4. The zero-order valence-corrected chi connectivity index (χ0v) is 14.1. The number of benzene rings is 1. The van der Waals surface area contributed by atoms with Crippen molar-refractivity contribution in [2.45, 2.75) is 65.9 Å². The first-order valence-electron chi connectivity index (χ1n) is 8.38. The van der Waals surface area contributed by atoms with Gasteiger partial charge in [0.2, 0.25) is 0 Å². The molecule has 1 unspecified atom stereocenters. The maximum absolute atomic E-state index is 6.04. The summed E-state index contributed by atoms with van der Waals surface area (Å²) in [6.45, 7) is 10.1. The van der Waals surface area contributed by atoms with Crippen LogP contribution in [0.15, 0.2) is 12.1 Å². The van der Waals surface area contributed by atoms with Gasteiger partial charge in [-0.2, -0.15) is 0 Å². The summed E-state index contributed by atoms with van der Waals surface area (Å²) in [7, 11) is 0. The van der Waals surface area contributed by atoms with Crippen LogP contribution >= 0.6 is 0 Å². The minimum absolute atomic E-state index is 0.437. The number of rotatable bonds is 6. The lowest BCUT2D eigenvalue weighted by Gasteiger charge is -2.24. The second-order valence-electron chi connectivity index (χ2n) is 6.74. The van der Waals surface area contributed by atoms with Crippen molar-refractivity contribution in [1.29, 1.82) is 0 Å². The monoisotopic (exact) mass is 290 g/mol. The van der Waals surface area contributed by atoms with E-state index in [4.69, 9.17) is 9.47 Å². The van der Waals surface area contributed by atoms with Crippen LogP contribution in [0.2, 0.25) is 0 Å². The summed E-state index contributed by atoms with van der Waals surface area (Å²) in [5.41, 5.74) is 3.76. The largest absolute Gasteiger partial charge is 0.493 e. The van der Waals surface area contributed by atoms with Crippen LogP contribution in [0.1, 0.15) is 55.7 Å². The molecule has 2 heteroatoms. The molecule has 1 saturated carbocycles. The van der Waals surface area contributed by atoms with Crippen LogP contribution in [-0.4, -0.2) is 19.3 Å². The van der Waals surface area contributed by atoms with Crippen LogP contribution in [0.4, 0.5) is 0 Å². The summed E-state index contributed by atoms with van der Waals surface area (Å²) >= 11 is 0. The molecule has 2 nitrogen and oxygen atoms in total. The molecule has 1 fully saturated rings. The van der Waals surface area contributed by atoms with Gasteiger partial charge in [0, 0.05) is 5.92 Å². The van der Waals surface area contributed by atoms with Crippen molar-refractivity contribution in [3.63, 3.8) is 0 Å². The highest BCUT2D eigenvalue weighted by Gasteiger charge is 2.15. The molecular weight excluding hydrogens is 260 g/mol. The molecular formula is C19H30O2. The van der Waals surface area contributed by atoms with E-state index in [0.29, 0.717) is 12.0 Å². The second-order valence-corrected chi connectivity index (χ2v) is 6.74. The van der Waals surface area contributed by atoms with Gasteiger partial charge in [-0.05, 0) is 44.7 Å². The molecule has 0 radical (unpaired) electrons. The van der Waals surface area contributed by atoms with Crippen molar-refractivity contribution < 1.29 is 9.47 Å². The van der Waals surface area contributed by atoms with E-state index in [2.05, 4.69) is 39.8 Å². The molecule has 1 aliphatic carbocycles. The summed E-state index contributed by atoms with van der Waals surface area (Å²) in [5, 5.41) is 0. The molecule has 1 aromatic rings. The van der Waals surface area contributed by atoms with E-state index in [-0.39, 0.29) is 0 Å². The van der Waals surface area contributed by atoms with Crippen molar-refractivity contribution in [2.75, 3.05) is 13.2 Å². The summed E-state index contributed by atoms with van der Waals surface area (Å²) in [5.74, 6) is 1.48. The van der Waals surface area contributed by atoms with E-state index in [1.165, 1.54) is 48.8 Å². The van der Waals surface area contributed by atoms with Gasteiger partial charge < -0.3 is 9.47 Å². The molecule has 0 bridgehead atoms. The topological polar surface area (TPSA) is 18.5 Å². The summed E-state index contributed by atoms with van der Waals surface area (Å²) in [6, 6.07) is 4.37. The molecule has 0 heterocycles. The minimum atomic E-state index is 0.437.